The molecule has 1 aromatic carbocycles. The molecule has 1 atom stereocenters. The van der Waals surface area contributed by atoms with E-state index in [-0.39, 0.29) is 41.3 Å². The van der Waals surface area contributed by atoms with Crippen LogP contribution in [0.3, 0.4) is 0 Å². The van der Waals surface area contributed by atoms with Crippen molar-refractivity contribution in [2.24, 2.45) is 0 Å². The number of aromatic carboxylic acids is 1. The van der Waals surface area contributed by atoms with Gasteiger partial charge in [0.15, 0.2) is 23.2 Å². The molecule has 3 heterocycles. The van der Waals surface area contributed by atoms with Gasteiger partial charge in [0.05, 0.1) is 17.4 Å². The first-order chi connectivity index (χ1) is 17.3. The lowest BCUT2D eigenvalue weighted by Crippen LogP contribution is -2.35. The predicted octanol–water partition coefficient (Wildman–Crippen LogP) is 2.46. The molecule has 10 nitrogen and oxygen atoms in total. The molecule has 0 bridgehead atoms. The Labute approximate surface area is 210 Å². The van der Waals surface area contributed by atoms with Crippen LogP contribution in [0.4, 0.5) is 8.78 Å². The molecule has 3 aromatic rings. The van der Waals surface area contributed by atoms with Crippen molar-refractivity contribution in [2.75, 3.05) is 26.2 Å². The molecule has 4 rings (SSSR count). The molecular formula is C23H25ClF2N6O4. The van der Waals surface area contributed by atoms with Gasteiger partial charge in [-0.15, -0.1) is 0 Å². The third-order valence-corrected chi connectivity index (χ3v) is 5.98. The Morgan fingerprint density at radius 3 is 2.83 bits per heavy atom. The van der Waals surface area contributed by atoms with Crippen molar-refractivity contribution in [1.82, 2.24) is 30.5 Å². The fourth-order valence-electron chi connectivity index (χ4n) is 3.94. The smallest absolute Gasteiger partial charge is 0.339 e. The predicted molar refractivity (Wildman–Crippen MR) is 126 cm³/mol. The number of nitrogens with zero attached hydrogens (tertiary/aromatic N) is 3. The van der Waals surface area contributed by atoms with E-state index >= 15 is 0 Å². The Kier molecular flexibility index (Phi) is 8.28. The second kappa shape index (κ2) is 11.6. The summed E-state index contributed by atoms with van der Waals surface area (Å²) >= 11 is 6.00. The first-order valence-electron chi connectivity index (χ1n) is 11.4. The molecule has 192 valence electrons. The molecule has 0 unspecified atom stereocenters. The van der Waals surface area contributed by atoms with E-state index in [1.165, 1.54) is 4.52 Å². The van der Waals surface area contributed by atoms with Crippen LogP contribution in [0, 0.1) is 11.6 Å². The fraction of sp³-hybridized carbons (Fsp3) is 0.391. The lowest BCUT2D eigenvalue weighted by molar-refractivity contribution is -0.123. The molecule has 1 aliphatic rings. The minimum atomic E-state index is -1.37. The Balaban J connectivity index is 1.29. The highest BCUT2D eigenvalue weighted by Crippen LogP contribution is 2.25. The van der Waals surface area contributed by atoms with Crippen LogP contribution in [0.25, 0.3) is 5.65 Å². The lowest BCUT2D eigenvalue weighted by atomic mass is 10.0. The van der Waals surface area contributed by atoms with E-state index in [0.29, 0.717) is 12.2 Å². The number of hydrogen-bond acceptors (Lipinski definition) is 7. The fourth-order valence-corrected chi connectivity index (χ4v) is 4.14. The number of rotatable bonds is 10. The van der Waals surface area contributed by atoms with Crippen molar-refractivity contribution >= 4 is 29.1 Å². The largest absolute Gasteiger partial charge is 0.483 e. The van der Waals surface area contributed by atoms with Gasteiger partial charge in [0, 0.05) is 25.7 Å². The normalized spacial score (nSPS) is 15.7. The molecule has 4 N–H and O–H groups in total. The molecule has 2 aromatic heterocycles. The van der Waals surface area contributed by atoms with Gasteiger partial charge in [0.2, 0.25) is 0 Å². The average Bonchev–Trinajstić information content (AvgIpc) is 3.29. The van der Waals surface area contributed by atoms with Crippen molar-refractivity contribution in [3.63, 3.8) is 0 Å². The van der Waals surface area contributed by atoms with Crippen LogP contribution in [0.15, 0.2) is 24.3 Å². The Bertz CT molecular complexity index is 1270. The quantitative estimate of drug-likeness (QED) is 0.236. The van der Waals surface area contributed by atoms with Gasteiger partial charge < -0.3 is 25.8 Å². The Hall–Kier alpha value is -3.35. The van der Waals surface area contributed by atoms with E-state index in [9.17, 15) is 18.4 Å². The Morgan fingerprint density at radius 2 is 2.08 bits per heavy atom. The summed E-state index contributed by atoms with van der Waals surface area (Å²) in [4.78, 5) is 27.3. The maximum Gasteiger partial charge on any atom is 0.339 e. The zero-order valence-electron chi connectivity index (χ0n) is 19.2. The van der Waals surface area contributed by atoms with Crippen LogP contribution < -0.4 is 20.7 Å². The third-order valence-electron chi connectivity index (χ3n) is 5.73. The van der Waals surface area contributed by atoms with E-state index in [1.807, 2.05) is 0 Å². The van der Waals surface area contributed by atoms with Crippen LogP contribution in [0.2, 0.25) is 5.15 Å². The minimum absolute atomic E-state index is 0.0852. The van der Waals surface area contributed by atoms with Crippen molar-refractivity contribution < 1.29 is 28.2 Å². The standard InChI is InChI=1S/C23H25ClF2N6O4/c24-22-21(26)17(32-19(30-22)10-16(31-32)15-3-1-2-6-28-15)11-27-7-8-29-20(33)12-36-18-5-4-13(25)9-14(18)23(34)35/h4-5,9-10,15,27-28H,1-3,6-8,11-12H2,(H,29,33)(H,34,35)/t15-/m0/s1. The molecule has 0 aliphatic carbocycles. The number of halogens is 3. The molecule has 0 radical (unpaired) electrons. The second-order valence-electron chi connectivity index (χ2n) is 8.27. The zero-order chi connectivity index (χ0) is 25.7. The van der Waals surface area contributed by atoms with Crippen molar-refractivity contribution in [3.8, 4) is 5.75 Å². The number of amides is 1. The highest BCUT2D eigenvalue weighted by molar-refractivity contribution is 6.29. The van der Waals surface area contributed by atoms with Crippen LogP contribution in [0.5, 0.6) is 5.75 Å². The molecule has 36 heavy (non-hydrogen) atoms. The maximum absolute atomic E-state index is 14.7. The molecule has 1 amide bonds. The number of carboxylic acid groups (broad SMARTS) is 1. The van der Waals surface area contributed by atoms with Gasteiger partial charge in [0.1, 0.15) is 17.1 Å². The highest BCUT2D eigenvalue weighted by atomic mass is 35.5. The van der Waals surface area contributed by atoms with E-state index in [1.54, 1.807) is 6.07 Å². The van der Waals surface area contributed by atoms with E-state index in [4.69, 9.17) is 21.4 Å². The van der Waals surface area contributed by atoms with Gasteiger partial charge >= 0.3 is 5.97 Å². The molecule has 13 heteroatoms. The number of nitrogens with one attached hydrogen (secondary N) is 3. The SMILES string of the molecule is O=C(COc1ccc(F)cc1C(=O)O)NCCNCc1c(F)c(Cl)nc2cc([C@@H]3CCCCN3)nn12. The van der Waals surface area contributed by atoms with Gasteiger partial charge in [-0.25, -0.2) is 23.1 Å². The summed E-state index contributed by atoms with van der Waals surface area (Å²) in [7, 11) is 0. The summed E-state index contributed by atoms with van der Waals surface area (Å²) in [6, 6.07) is 4.89. The average molecular weight is 523 g/mol. The van der Waals surface area contributed by atoms with Crippen molar-refractivity contribution in [3.05, 3.63) is 58.0 Å². The minimum Gasteiger partial charge on any atom is -0.483 e. The van der Waals surface area contributed by atoms with Gasteiger partial charge in [-0.05, 0) is 37.6 Å². The number of benzene rings is 1. The first-order valence-corrected chi connectivity index (χ1v) is 11.8. The van der Waals surface area contributed by atoms with Crippen molar-refractivity contribution in [1.29, 1.82) is 0 Å². The van der Waals surface area contributed by atoms with Crippen molar-refractivity contribution in [2.45, 2.75) is 31.8 Å². The molecular weight excluding hydrogens is 498 g/mol. The number of hydrogen-bond donors (Lipinski definition) is 4. The van der Waals surface area contributed by atoms with Gasteiger partial charge in [0.25, 0.3) is 5.91 Å². The summed E-state index contributed by atoms with van der Waals surface area (Å²) in [5.41, 5.74) is 1.08. The summed E-state index contributed by atoms with van der Waals surface area (Å²) in [6.45, 7) is 1.02. The van der Waals surface area contributed by atoms with E-state index in [2.05, 4.69) is 26.0 Å². The molecule has 1 saturated heterocycles. The maximum atomic E-state index is 14.7. The molecule has 1 aliphatic heterocycles. The second-order valence-corrected chi connectivity index (χ2v) is 8.62. The number of carbonyl (C=O) groups is 2. The Morgan fingerprint density at radius 1 is 1.25 bits per heavy atom. The summed E-state index contributed by atoms with van der Waals surface area (Å²) in [5.74, 6) is -3.39. The van der Waals surface area contributed by atoms with Crippen LogP contribution in [-0.2, 0) is 11.3 Å². The highest BCUT2D eigenvalue weighted by Gasteiger charge is 2.21. The summed E-state index contributed by atoms with van der Waals surface area (Å²) in [6.07, 6.45) is 3.13. The number of aromatic nitrogens is 3. The topological polar surface area (TPSA) is 130 Å². The zero-order valence-corrected chi connectivity index (χ0v) is 19.9. The van der Waals surface area contributed by atoms with E-state index < -0.39 is 30.1 Å². The third kappa shape index (κ3) is 6.07. The van der Waals surface area contributed by atoms with Gasteiger partial charge in [-0.3, -0.25) is 4.79 Å². The summed E-state index contributed by atoms with van der Waals surface area (Å²) < 4.78 is 34.6. The number of carbonyl (C=O) groups excluding carboxylic acids is 1. The van der Waals surface area contributed by atoms with Gasteiger partial charge in [-0.1, -0.05) is 18.0 Å². The summed E-state index contributed by atoms with van der Waals surface area (Å²) in [5, 5.41) is 22.5. The first kappa shape index (κ1) is 25.7. The number of carboxylic acids is 1. The van der Waals surface area contributed by atoms with Crippen LogP contribution in [0.1, 0.15) is 47.1 Å². The number of ether oxygens (including phenoxy) is 1. The van der Waals surface area contributed by atoms with Gasteiger partial charge in [-0.2, -0.15) is 5.10 Å². The van der Waals surface area contributed by atoms with Crippen LogP contribution in [-0.4, -0.2) is 57.8 Å². The molecule has 0 spiro atoms. The molecule has 0 saturated carbocycles. The molecule has 1 fully saturated rings. The lowest BCUT2D eigenvalue weighted by Gasteiger charge is -2.21. The number of piperidine rings is 1. The monoisotopic (exact) mass is 522 g/mol. The van der Waals surface area contributed by atoms with Crippen LogP contribution >= 0.6 is 11.6 Å². The number of fused-ring (bicyclic) bond motifs is 1. The van der Waals surface area contributed by atoms with E-state index in [0.717, 1.165) is 49.7 Å².